The zero-order valence-corrected chi connectivity index (χ0v) is 29.0. The summed E-state index contributed by atoms with van der Waals surface area (Å²) < 4.78 is 13.8. The van der Waals surface area contributed by atoms with E-state index in [9.17, 15) is 9.90 Å². The molecule has 36 heavy (non-hydrogen) atoms. The number of ether oxygens (including phenoxy) is 1. The van der Waals surface area contributed by atoms with E-state index < -0.39 is 11.4 Å². The number of benzene rings is 2. The van der Waals surface area contributed by atoms with E-state index in [1.807, 2.05) is 77.9 Å². The van der Waals surface area contributed by atoms with Gasteiger partial charge in [-0.05, 0) is 38.5 Å². The molecule has 1 radical (unpaired) electrons. The van der Waals surface area contributed by atoms with Crippen LogP contribution in [-0.2, 0) is 63.3 Å². The van der Waals surface area contributed by atoms with Gasteiger partial charge in [0.2, 0.25) is 5.91 Å². The van der Waals surface area contributed by atoms with Crippen LogP contribution in [0.25, 0.3) is 16.7 Å². The summed E-state index contributed by atoms with van der Waals surface area (Å²) in [4.78, 5) is 13.1. The molecule has 6 heteroatoms. The normalized spacial score (nSPS) is 20.5. The largest absolute Gasteiger partial charge is 0.517 e. The summed E-state index contributed by atoms with van der Waals surface area (Å²) in [6.45, 7) is 12.6. The molecule has 4 nitrogen and oxygen atoms in total. The second kappa shape index (κ2) is 17.7. The summed E-state index contributed by atoms with van der Waals surface area (Å²) in [6.07, 6.45) is 2.78. The molecule has 2 N–H and O–H groups in total. The van der Waals surface area contributed by atoms with Crippen molar-refractivity contribution >= 4 is 11.5 Å². The van der Waals surface area contributed by atoms with Gasteiger partial charge in [-0.3, -0.25) is 4.79 Å². The minimum absolute atomic E-state index is 0. The van der Waals surface area contributed by atoms with Crippen molar-refractivity contribution in [3.05, 3.63) is 72.3 Å². The fourth-order valence-electron chi connectivity index (χ4n) is 4.50. The van der Waals surface area contributed by atoms with E-state index in [1.165, 1.54) is 5.56 Å². The average molecular weight is 739 g/mol. The van der Waals surface area contributed by atoms with Gasteiger partial charge in [0, 0.05) is 73.1 Å². The Morgan fingerprint density at radius 1 is 1.08 bits per heavy atom. The van der Waals surface area contributed by atoms with Crippen molar-refractivity contribution in [3.63, 3.8) is 0 Å². The molecule has 0 unspecified atom stereocenters. The van der Waals surface area contributed by atoms with Crippen molar-refractivity contribution in [2.45, 2.75) is 72.8 Å². The molecular weight excluding hydrogens is 695 g/mol. The fraction of sp³-hybridized carbons (Fsp3) is 0.467. The van der Waals surface area contributed by atoms with Crippen LogP contribution in [0.5, 0.6) is 0 Å². The first-order valence-corrected chi connectivity index (χ1v) is 12.2. The first-order valence-electron chi connectivity index (χ1n) is 12.7. The van der Waals surface area contributed by atoms with E-state index >= 15 is 0 Å². The van der Waals surface area contributed by atoms with Gasteiger partial charge in [0.15, 0.2) is 1.41 Å². The maximum atomic E-state index is 13.1. The van der Waals surface area contributed by atoms with E-state index in [-0.39, 0.29) is 72.5 Å². The second-order valence-corrected chi connectivity index (χ2v) is 8.37. The van der Waals surface area contributed by atoms with Crippen molar-refractivity contribution in [3.8, 4) is 11.1 Å². The number of amides is 1. The zero-order chi connectivity index (χ0) is 25.5. The molecule has 4 rings (SSSR count). The molecular formula is C30H43NO3WY-2. The Hall–Kier alpha value is -0.798. The predicted octanol–water partition coefficient (Wildman–Crippen LogP) is 7.24. The van der Waals surface area contributed by atoms with Crippen LogP contribution in [0, 0.1) is 33.3 Å². The number of rotatable bonds is 4. The molecule has 0 atom stereocenters. The Labute approximate surface area is 260 Å². The standard InChI is InChI=1S/C25H28NO3.2C2H6.CH3.W.Y/c1-16-4-7-19(8-5-16)20-9-6-17(2)21(14-20)22-23(27)25(26-24(22)28)12-10-18(11-13-25)15-29-3;2*1-2;;;/h4-9,18,27H,10-13,15H2,1-3H3,(H,26,28);2*1-2H3;1H3;;/q-1;;;-1;;/i/hD. The summed E-state index contributed by atoms with van der Waals surface area (Å²) in [6, 6.07) is 15.4. The molecule has 1 spiro atoms. The van der Waals surface area contributed by atoms with Gasteiger partial charge in [0.25, 0.3) is 0 Å². The zero-order valence-electron chi connectivity index (χ0n) is 24.3. The molecule has 1 aliphatic carbocycles. The summed E-state index contributed by atoms with van der Waals surface area (Å²) in [7, 11) is 1.69. The SMILES string of the molecule is CC.CC.[2H]N1C(=O)C(c2[c-]c(-c3ccc(C)cc3)ccc2C)=C(O)C12CCC(COC)CC2.[CH3-].[W].[Y]. The van der Waals surface area contributed by atoms with Crippen molar-refractivity contribution in [1.29, 1.82) is 0 Å². The quantitative estimate of drug-likeness (QED) is 0.326. The molecule has 1 amide bonds. The van der Waals surface area contributed by atoms with Gasteiger partial charge in [-0.2, -0.15) is 0 Å². The maximum absolute atomic E-state index is 13.1. The first kappa shape index (κ1) is 35.2. The van der Waals surface area contributed by atoms with Crippen LogP contribution in [-0.4, -0.2) is 30.3 Å². The summed E-state index contributed by atoms with van der Waals surface area (Å²) in [5.74, 6) is -0.0176. The number of methoxy groups -OCH3 is 1. The number of aryl methyl sites for hydroxylation is 2. The molecule has 197 valence electrons. The van der Waals surface area contributed by atoms with Crippen LogP contribution in [0.15, 0.2) is 42.2 Å². The Morgan fingerprint density at radius 3 is 2.17 bits per heavy atom. The minimum Gasteiger partial charge on any atom is -0.517 e. The summed E-state index contributed by atoms with van der Waals surface area (Å²) >= 11 is 0. The Kier molecular flexibility index (Phi) is 17.3. The topological polar surface area (TPSA) is 58.6 Å². The van der Waals surface area contributed by atoms with Crippen molar-refractivity contribution in [1.82, 2.24) is 5.31 Å². The first-order chi connectivity index (χ1) is 16.4. The molecule has 2 aliphatic rings. The third-order valence-corrected chi connectivity index (χ3v) is 6.31. The Morgan fingerprint density at radius 2 is 1.64 bits per heavy atom. The molecule has 1 aliphatic heterocycles. The number of hydrogen-bond acceptors (Lipinski definition) is 3. The molecule has 2 aromatic carbocycles. The van der Waals surface area contributed by atoms with Gasteiger partial charge in [-0.15, -0.1) is 34.9 Å². The van der Waals surface area contributed by atoms with Crippen LogP contribution >= 0.6 is 0 Å². The molecule has 1 saturated carbocycles. The number of hydrogen-bond donors (Lipinski definition) is 2. The van der Waals surface area contributed by atoms with Crippen LogP contribution in [0.1, 0.15) is 70.1 Å². The van der Waals surface area contributed by atoms with E-state index in [2.05, 4.69) is 6.07 Å². The van der Waals surface area contributed by atoms with Crippen molar-refractivity contribution < 1.29 is 69.8 Å². The number of nitrogens with one attached hydrogen (secondary N) is 1. The monoisotopic (exact) mass is 739 g/mol. The molecule has 1 fully saturated rings. The predicted molar refractivity (Wildman–Crippen MR) is 144 cm³/mol. The second-order valence-electron chi connectivity index (χ2n) is 8.37. The molecule has 0 bridgehead atoms. The summed E-state index contributed by atoms with van der Waals surface area (Å²) in [5.41, 5.74) is 3.78. The third kappa shape index (κ3) is 8.35. The molecule has 0 saturated heterocycles. The van der Waals surface area contributed by atoms with Crippen LogP contribution in [0.3, 0.4) is 0 Å². The maximum Gasteiger partial charge on any atom is 0.222 e. The van der Waals surface area contributed by atoms with E-state index in [0.29, 0.717) is 30.9 Å². The Bertz CT molecular complexity index is 1000. The van der Waals surface area contributed by atoms with Gasteiger partial charge in [-0.25, -0.2) is 0 Å². The van der Waals surface area contributed by atoms with Crippen LogP contribution in [0.2, 0.25) is 1.41 Å². The smallest absolute Gasteiger partial charge is 0.222 e. The van der Waals surface area contributed by atoms with E-state index in [4.69, 9.17) is 6.15 Å². The fourth-order valence-corrected chi connectivity index (χ4v) is 4.50. The van der Waals surface area contributed by atoms with Crippen LogP contribution < -0.4 is 5.31 Å². The van der Waals surface area contributed by atoms with Gasteiger partial charge < -0.3 is 22.6 Å². The molecule has 0 aromatic heterocycles. The number of carbonyl (C=O) groups excluding carboxylic acids is 1. The van der Waals surface area contributed by atoms with Crippen molar-refractivity contribution in [2.75, 3.05) is 13.7 Å². The number of aliphatic hydroxyl groups excluding tert-OH is 1. The van der Waals surface area contributed by atoms with E-state index in [0.717, 1.165) is 34.8 Å². The van der Waals surface area contributed by atoms with E-state index in [1.54, 1.807) is 7.11 Å². The van der Waals surface area contributed by atoms with Gasteiger partial charge in [0.1, 0.15) is 0 Å². The van der Waals surface area contributed by atoms with Crippen LogP contribution in [0.4, 0.5) is 0 Å². The van der Waals surface area contributed by atoms with Gasteiger partial charge >= 0.3 is 0 Å². The molecule has 2 aromatic rings. The average Bonchev–Trinajstić information content (AvgIpc) is 3.05. The third-order valence-electron chi connectivity index (χ3n) is 6.31. The number of aliphatic hydroxyl groups is 1. The number of carbonyl (C=O) groups is 1. The van der Waals surface area contributed by atoms with Gasteiger partial charge in [-0.1, -0.05) is 70.0 Å². The minimum atomic E-state index is -0.934. The summed E-state index contributed by atoms with van der Waals surface area (Å²) in [5, 5.41) is 12.2. The van der Waals surface area contributed by atoms with Crippen molar-refractivity contribution in [2.24, 2.45) is 5.92 Å². The van der Waals surface area contributed by atoms with Gasteiger partial charge in [0.05, 0.1) is 11.3 Å². The molecule has 1 heterocycles. The Balaban J connectivity index is 0.